The molecule has 0 amide bonds. The van der Waals surface area contributed by atoms with Gasteiger partial charge in [-0.25, -0.2) is 4.98 Å². The maximum atomic E-state index is 9.31. The molecule has 0 bridgehead atoms. The molecule has 15 heavy (non-hydrogen) atoms. The Kier molecular flexibility index (Phi) is 2.79. The van der Waals surface area contributed by atoms with E-state index in [9.17, 15) is 5.11 Å². The van der Waals surface area contributed by atoms with Gasteiger partial charge in [-0.1, -0.05) is 0 Å². The third-order valence-corrected chi connectivity index (χ3v) is 3.34. The van der Waals surface area contributed by atoms with Crippen LogP contribution in [-0.2, 0) is 0 Å². The first-order valence-electron chi connectivity index (χ1n) is 4.82. The van der Waals surface area contributed by atoms with Gasteiger partial charge in [0.15, 0.2) is 0 Å². The fraction of sp³-hybridized carbons (Fsp3) is 0.556. The molecule has 82 valence electrons. The lowest BCUT2D eigenvalue weighted by Gasteiger charge is -2.41. The van der Waals surface area contributed by atoms with Gasteiger partial charge in [0.2, 0.25) is 5.95 Å². The predicted octanol–water partition coefficient (Wildman–Crippen LogP) is 1.15. The number of aliphatic hydroxyl groups is 1. The van der Waals surface area contributed by atoms with Crippen LogP contribution in [0.5, 0.6) is 0 Å². The minimum atomic E-state index is -0.219. The second-order valence-corrected chi connectivity index (χ2v) is 4.70. The van der Waals surface area contributed by atoms with E-state index in [1.165, 1.54) is 0 Å². The van der Waals surface area contributed by atoms with Crippen molar-refractivity contribution in [2.45, 2.75) is 24.8 Å². The van der Waals surface area contributed by atoms with E-state index < -0.39 is 0 Å². The standard InChI is InChI=1S/C9H13BrN4O/c10-6-4-12-8(11)13-7(6)14-9(5-15)2-1-3-9/h4,15H,1-3,5H2,(H3,11,12,13,14). The highest BCUT2D eigenvalue weighted by Crippen LogP contribution is 2.36. The fourth-order valence-electron chi connectivity index (χ4n) is 1.65. The number of aromatic nitrogens is 2. The van der Waals surface area contributed by atoms with Crippen LogP contribution in [0.15, 0.2) is 10.7 Å². The minimum Gasteiger partial charge on any atom is -0.394 e. The molecule has 1 aliphatic carbocycles. The summed E-state index contributed by atoms with van der Waals surface area (Å²) in [4.78, 5) is 7.94. The second-order valence-electron chi connectivity index (χ2n) is 3.84. The lowest BCUT2D eigenvalue weighted by molar-refractivity contribution is 0.143. The first-order valence-corrected chi connectivity index (χ1v) is 5.62. The van der Waals surface area contributed by atoms with E-state index in [1.807, 2.05) is 0 Å². The van der Waals surface area contributed by atoms with Crippen LogP contribution in [0.25, 0.3) is 0 Å². The molecular weight excluding hydrogens is 260 g/mol. The molecule has 5 nitrogen and oxygen atoms in total. The molecule has 1 heterocycles. The zero-order chi connectivity index (χ0) is 10.9. The molecule has 1 saturated carbocycles. The van der Waals surface area contributed by atoms with Crippen LogP contribution >= 0.6 is 15.9 Å². The van der Waals surface area contributed by atoms with Gasteiger partial charge in [-0.05, 0) is 35.2 Å². The Morgan fingerprint density at radius 3 is 2.87 bits per heavy atom. The summed E-state index contributed by atoms with van der Waals surface area (Å²) in [7, 11) is 0. The average molecular weight is 273 g/mol. The molecule has 4 N–H and O–H groups in total. The van der Waals surface area contributed by atoms with Gasteiger partial charge < -0.3 is 16.2 Å². The van der Waals surface area contributed by atoms with Crippen LogP contribution < -0.4 is 11.1 Å². The Balaban J connectivity index is 2.19. The van der Waals surface area contributed by atoms with Gasteiger partial charge in [-0.3, -0.25) is 0 Å². The van der Waals surface area contributed by atoms with Crippen molar-refractivity contribution in [2.24, 2.45) is 0 Å². The highest BCUT2D eigenvalue weighted by atomic mass is 79.9. The Bertz CT molecular complexity index is 362. The normalized spacial score (nSPS) is 18.3. The number of hydrogen-bond donors (Lipinski definition) is 3. The number of rotatable bonds is 3. The van der Waals surface area contributed by atoms with E-state index in [4.69, 9.17) is 5.73 Å². The van der Waals surface area contributed by atoms with Gasteiger partial charge in [0.1, 0.15) is 5.82 Å². The van der Waals surface area contributed by atoms with Crippen molar-refractivity contribution >= 4 is 27.7 Å². The van der Waals surface area contributed by atoms with Crippen LogP contribution in [-0.4, -0.2) is 27.2 Å². The highest BCUT2D eigenvalue weighted by Gasteiger charge is 2.36. The summed E-state index contributed by atoms with van der Waals surface area (Å²) in [5.41, 5.74) is 5.28. The smallest absolute Gasteiger partial charge is 0.221 e. The predicted molar refractivity (Wildman–Crippen MR) is 61.4 cm³/mol. The van der Waals surface area contributed by atoms with Crippen molar-refractivity contribution in [3.8, 4) is 0 Å². The summed E-state index contributed by atoms with van der Waals surface area (Å²) in [5.74, 6) is 0.879. The first-order chi connectivity index (χ1) is 7.15. The molecular formula is C9H13BrN4O. The summed E-state index contributed by atoms with van der Waals surface area (Å²) in [6.07, 6.45) is 4.65. The molecule has 6 heteroatoms. The van der Waals surface area contributed by atoms with Crippen LogP contribution in [0.1, 0.15) is 19.3 Å². The summed E-state index contributed by atoms with van der Waals surface area (Å²) in [6, 6.07) is 0. The maximum Gasteiger partial charge on any atom is 0.221 e. The monoisotopic (exact) mass is 272 g/mol. The molecule has 1 aliphatic rings. The molecule has 0 spiro atoms. The largest absolute Gasteiger partial charge is 0.394 e. The Morgan fingerprint density at radius 1 is 1.60 bits per heavy atom. The molecule has 0 radical (unpaired) electrons. The number of hydrogen-bond acceptors (Lipinski definition) is 5. The van der Waals surface area contributed by atoms with Crippen molar-refractivity contribution in [1.82, 2.24) is 9.97 Å². The fourth-order valence-corrected chi connectivity index (χ4v) is 1.94. The first kappa shape index (κ1) is 10.6. The van der Waals surface area contributed by atoms with Gasteiger partial charge in [0.25, 0.3) is 0 Å². The number of nitrogens with two attached hydrogens (primary N) is 1. The molecule has 1 fully saturated rings. The van der Waals surface area contributed by atoms with E-state index in [2.05, 4.69) is 31.2 Å². The number of nitrogens with zero attached hydrogens (tertiary/aromatic N) is 2. The van der Waals surface area contributed by atoms with E-state index >= 15 is 0 Å². The lowest BCUT2D eigenvalue weighted by Crippen LogP contribution is -2.48. The number of nitrogens with one attached hydrogen (secondary N) is 1. The van der Waals surface area contributed by atoms with E-state index in [0.29, 0.717) is 5.82 Å². The summed E-state index contributed by atoms with van der Waals surface area (Å²) >= 11 is 3.34. The molecule has 2 rings (SSSR count). The van der Waals surface area contributed by atoms with E-state index in [1.54, 1.807) is 6.20 Å². The minimum absolute atomic E-state index is 0.114. The third kappa shape index (κ3) is 2.05. The number of halogens is 1. The molecule has 0 aromatic carbocycles. The Morgan fingerprint density at radius 2 is 2.33 bits per heavy atom. The van der Waals surface area contributed by atoms with Crippen molar-refractivity contribution in [3.05, 3.63) is 10.7 Å². The number of anilines is 2. The van der Waals surface area contributed by atoms with Gasteiger partial charge in [-0.15, -0.1) is 0 Å². The van der Waals surface area contributed by atoms with Crippen molar-refractivity contribution in [2.75, 3.05) is 17.7 Å². The second kappa shape index (κ2) is 3.94. The Hall–Kier alpha value is -0.880. The quantitative estimate of drug-likeness (QED) is 0.769. The maximum absolute atomic E-state index is 9.31. The molecule has 0 unspecified atom stereocenters. The average Bonchev–Trinajstić information content (AvgIpc) is 2.17. The number of nitrogen functional groups attached to an aromatic ring is 1. The van der Waals surface area contributed by atoms with Crippen LogP contribution in [0.2, 0.25) is 0 Å². The lowest BCUT2D eigenvalue weighted by atomic mass is 9.77. The Labute approximate surface area is 96.2 Å². The van der Waals surface area contributed by atoms with Gasteiger partial charge in [-0.2, -0.15) is 4.98 Å². The third-order valence-electron chi connectivity index (χ3n) is 2.76. The van der Waals surface area contributed by atoms with Crippen LogP contribution in [0.3, 0.4) is 0 Å². The van der Waals surface area contributed by atoms with Crippen molar-refractivity contribution < 1.29 is 5.11 Å². The topological polar surface area (TPSA) is 84.1 Å². The number of aliphatic hydroxyl groups excluding tert-OH is 1. The van der Waals surface area contributed by atoms with Crippen molar-refractivity contribution in [3.63, 3.8) is 0 Å². The summed E-state index contributed by atoms with van der Waals surface area (Å²) < 4.78 is 0.761. The molecule has 0 aliphatic heterocycles. The summed E-state index contributed by atoms with van der Waals surface area (Å²) in [5, 5.41) is 12.5. The van der Waals surface area contributed by atoms with Gasteiger partial charge in [0.05, 0.1) is 16.6 Å². The summed E-state index contributed by atoms with van der Waals surface area (Å²) in [6.45, 7) is 0.114. The molecule has 0 atom stereocenters. The van der Waals surface area contributed by atoms with Crippen LogP contribution in [0, 0.1) is 0 Å². The molecule has 1 aromatic rings. The zero-order valence-electron chi connectivity index (χ0n) is 8.20. The van der Waals surface area contributed by atoms with Crippen LogP contribution in [0.4, 0.5) is 11.8 Å². The van der Waals surface area contributed by atoms with E-state index in [-0.39, 0.29) is 18.1 Å². The SMILES string of the molecule is Nc1ncc(Br)c(NC2(CO)CCC2)n1. The molecule has 1 aromatic heterocycles. The van der Waals surface area contributed by atoms with Gasteiger partial charge >= 0.3 is 0 Å². The highest BCUT2D eigenvalue weighted by molar-refractivity contribution is 9.10. The van der Waals surface area contributed by atoms with E-state index in [0.717, 1.165) is 23.7 Å². The van der Waals surface area contributed by atoms with Gasteiger partial charge in [0, 0.05) is 6.20 Å². The zero-order valence-corrected chi connectivity index (χ0v) is 9.79. The molecule has 0 saturated heterocycles. The van der Waals surface area contributed by atoms with Crippen molar-refractivity contribution in [1.29, 1.82) is 0 Å².